The Kier molecular flexibility index (Phi) is 4.38. The molecule has 0 amide bonds. The van der Waals surface area contributed by atoms with Crippen LogP contribution in [0.15, 0.2) is 23.1 Å². The van der Waals surface area contributed by atoms with Crippen LogP contribution in [-0.4, -0.2) is 27.2 Å². The Morgan fingerprint density at radius 1 is 1.55 bits per heavy atom. The molecular weight excluding hydrogens is 283 g/mol. The van der Waals surface area contributed by atoms with Crippen molar-refractivity contribution in [3.63, 3.8) is 0 Å². The summed E-state index contributed by atoms with van der Waals surface area (Å²) in [4.78, 5) is -0.343. The van der Waals surface area contributed by atoms with Crippen molar-refractivity contribution in [2.24, 2.45) is 0 Å². The Labute approximate surface area is 117 Å². The normalized spacial score (nSPS) is 20.6. The molecule has 2 rings (SSSR count). The fourth-order valence-corrected chi connectivity index (χ4v) is 3.66. The van der Waals surface area contributed by atoms with Crippen LogP contribution in [0.5, 0.6) is 0 Å². The first-order chi connectivity index (χ1) is 9.45. The standard InChI is InChI=1S/C13H15FN2O3S/c1-9(12-5-3-7-19-12)16-20(17,18)13-6-2-4-11(14)10(13)8-15/h2,4,6,9,12,16H,3,5,7H2,1H3. The topological polar surface area (TPSA) is 79.2 Å². The van der Waals surface area contributed by atoms with Gasteiger partial charge in [-0.2, -0.15) is 5.26 Å². The number of sulfonamides is 1. The zero-order valence-corrected chi connectivity index (χ0v) is 11.8. The number of halogens is 1. The van der Waals surface area contributed by atoms with Gasteiger partial charge in [-0.05, 0) is 31.9 Å². The van der Waals surface area contributed by atoms with Gasteiger partial charge in [0.15, 0.2) is 0 Å². The predicted octanol–water partition coefficient (Wildman–Crippen LogP) is 1.54. The molecule has 1 aromatic rings. The third kappa shape index (κ3) is 2.98. The first-order valence-electron chi connectivity index (χ1n) is 6.28. The number of rotatable bonds is 4. The fourth-order valence-electron chi connectivity index (χ4n) is 2.22. The molecule has 0 saturated carbocycles. The molecule has 1 heterocycles. The van der Waals surface area contributed by atoms with Crippen molar-refractivity contribution in [1.29, 1.82) is 5.26 Å². The van der Waals surface area contributed by atoms with Crippen LogP contribution in [0.4, 0.5) is 4.39 Å². The summed E-state index contributed by atoms with van der Waals surface area (Å²) in [6, 6.07) is 4.69. The van der Waals surface area contributed by atoms with Gasteiger partial charge in [-0.3, -0.25) is 0 Å². The van der Waals surface area contributed by atoms with Crippen molar-refractivity contribution in [3.05, 3.63) is 29.6 Å². The van der Waals surface area contributed by atoms with Crippen LogP contribution < -0.4 is 4.72 Å². The maximum Gasteiger partial charge on any atom is 0.242 e. The number of nitrogens with one attached hydrogen (secondary N) is 1. The van der Waals surface area contributed by atoms with Gasteiger partial charge in [0.2, 0.25) is 10.0 Å². The van der Waals surface area contributed by atoms with Crippen LogP contribution in [0.3, 0.4) is 0 Å². The summed E-state index contributed by atoms with van der Waals surface area (Å²) in [6.45, 7) is 2.30. The van der Waals surface area contributed by atoms with Crippen molar-refractivity contribution in [2.75, 3.05) is 6.61 Å². The quantitative estimate of drug-likeness (QED) is 0.914. The molecule has 2 atom stereocenters. The average molecular weight is 298 g/mol. The first kappa shape index (κ1) is 14.9. The molecule has 0 aliphatic carbocycles. The molecule has 5 nitrogen and oxygen atoms in total. The van der Waals surface area contributed by atoms with Gasteiger partial charge in [0.1, 0.15) is 22.3 Å². The third-order valence-corrected chi connectivity index (χ3v) is 4.84. The summed E-state index contributed by atoms with van der Waals surface area (Å²) in [5.41, 5.74) is -0.473. The van der Waals surface area contributed by atoms with Gasteiger partial charge < -0.3 is 4.74 Å². The highest BCUT2D eigenvalue weighted by Gasteiger charge is 2.28. The van der Waals surface area contributed by atoms with E-state index in [4.69, 9.17) is 10.00 Å². The molecule has 108 valence electrons. The molecule has 0 radical (unpaired) electrons. The van der Waals surface area contributed by atoms with Crippen molar-refractivity contribution in [2.45, 2.75) is 36.8 Å². The Balaban J connectivity index is 2.27. The van der Waals surface area contributed by atoms with E-state index in [1.807, 2.05) is 0 Å². The summed E-state index contributed by atoms with van der Waals surface area (Å²) in [5, 5.41) is 8.90. The number of hydrogen-bond donors (Lipinski definition) is 1. The summed E-state index contributed by atoms with van der Waals surface area (Å²) in [7, 11) is -3.95. The summed E-state index contributed by atoms with van der Waals surface area (Å²) in [5.74, 6) is -0.847. The third-order valence-electron chi connectivity index (χ3n) is 3.24. The number of nitrogens with zero attached hydrogens (tertiary/aromatic N) is 1. The molecular formula is C13H15FN2O3S. The summed E-state index contributed by atoms with van der Waals surface area (Å²) < 4.78 is 45.8. The van der Waals surface area contributed by atoms with Gasteiger partial charge in [0.25, 0.3) is 0 Å². The minimum absolute atomic E-state index is 0.191. The van der Waals surface area contributed by atoms with Crippen molar-refractivity contribution < 1.29 is 17.5 Å². The van der Waals surface area contributed by atoms with Crippen molar-refractivity contribution >= 4 is 10.0 Å². The highest BCUT2D eigenvalue weighted by atomic mass is 32.2. The van der Waals surface area contributed by atoms with Gasteiger partial charge in [0.05, 0.1) is 6.10 Å². The van der Waals surface area contributed by atoms with E-state index in [9.17, 15) is 12.8 Å². The van der Waals surface area contributed by atoms with Crippen LogP contribution in [0.2, 0.25) is 0 Å². The monoisotopic (exact) mass is 298 g/mol. The zero-order valence-electron chi connectivity index (χ0n) is 11.0. The van der Waals surface area contributed by atoms with E-state index in [1.165, 1.54) is 12.1 Å². The Morgan fingerprint density at radius 3 is 2.90 bits per heavy atom. The zero-order chi connectivity index (χ0) is 14.8. The van der Waals surface area contributed by atoms with Crippen molar-refractivity contribution in [3.8, 4) is 6.07 Å². The minimum atomic E-state index is -3.95. The summed E-state index contributed by atoms with van der Waals surface area (Å²) in [6.07, 6.45) is 1.47. The van der Waals surface area contributed by atoms with Gasteiger partial charge in [-0.1, -0.05) is 6.07 Å². The molecule has 0 aromatic heterocycles. The number of ether oxygens (including phenoxy) is 1. The Bertz CT molecular complexity index is 634. The molecule has 1 N–H and O–H groups in total. The number of nitriles is 1. The van der Waals surface area contributed by atoms with E-state index in [2.05, 4.69) is 4.72 Å². The largest absolute Gasteiger partial charge is 0.377 e. The molecule has 1 fully saturated rings. The van der Waals surface area contributed by atoms with Crippen LogP contribution in [-0.2, 0) is 14.8 Å². The number of hydrogen-bond acceptors (Lipinski definition) is 4. The molecule has 2 unspecified atom stereocenters. The minimum Gasteiger partial charge on any atom is -0.377 e. The lowest BCUT2D eigenvalue weighted by Gasteiger charge is -2.20. The van der Waals surface area contributed by atoms with E-state index in [0.717, 1.165) is 18.9 Å². The Hall–Kier alpha value is -1.49. The number of benzene rings is 1. The predicted molar refractivity (Wildman–Crippen MR) is 69.9 cm³/mol. The molecule has 1 saturated heterocycles. The molecule has 1 aromatic carbocycles. The maximum atomic E-state index is 13.5. The van der Waals surface area contributed by atoms with Crippen LogP contribution >= 0.6 is 0 Å². The van der Waals surface area contributed by atoms with Gasteiger partial charge in [0, 0.05) is 12.6 Å². The average Bonchev–Trinajstić information content (AvgIpc) is 2.91. The molecule has 0 bridgehead atoms. The maximum absolute atomic E-state index is 13.5. The fraction of sp³-hybridized carbons (Fsp3) is 0.462. The van der Waals surface area contributed by atoms with Crippen molar-refractivity contribution in [1.82, 2.24) is 4.72 Å². The lowest BCUT2D eigenvalue weighted by molar-refractivity contribution is 0.0902. The lowest BCUT2D eigenvalue weighted by atomic mass is 10.1. The second kappa shape index (κ2) is 5.87. The van der Waals surface area contributed by atoms with E-state index in [-0.39, 0.29) is 11.0 Å². The second-order valence-electron chi connectivity index (χ2n) is 4.69. The van der Waals surface area contributed by atoms with E-state index in [0.29, 0.717) is 6.61 Å². The van der Waals surface area contributed by atoms with Gasteiger partial charge in [-0.25, -0.2) is 17.5 Å². The van der Waals surface area contributed by atoms with Crippen LogP contribution in [0, 0.1) is 17.1 Å². The lowest BCUT2D eigenvalue weighted by Crippen LogP contribution is -2.41. The highest BCUT2D eigenvalue weighted by molar-refractivity contribution is 7.89. The SMILES string of the molecule is CC(NS(=O)(=O)c1cccc(F)c1C#N)C1CCCO1. The summed E-state index contributed by atoms with van der Waals surface area (Å²) >= 11 is 0. The van der Waals surface area contributed by atoms with Crippen LogP contribution in [0.1, 0.15) is 25.3 Å². The molecule has 1 aliphatic rings. The van der Waals surface area contributed by atoms with E-state index >= 15 is 0 Å². The first-order valence-corrected chi connectivity index (χ1v) is 7.76. The molecule has 7 heteroatoms. The van der Waals surface area contributed by atoms with Crippen LogP contribution in [0.25, 0.3) is 0 Å². The smallest absolute Gasteiger partial charge is 0.242 e. The van der Waals surface area contributed by atoms with E-state index < -0.39 is 27.4 Å². The highest BCUT2D eigenvalue weighted by Crippen LogP contribution is 2.21. The molecule has 0 spiro atoms. The van der Waals surface area contributed by atoms with Gasteiger partial charge in [-0.15, -0.1) is 0 Å². The molecule has 1 aliphatic heterocycles. The van der Waals surface area contributed by atoms with Gasteiger partial charge >= 0.3 is 0 Å². The Morgan fingerprint density at radius 2 is 2.30 bits per heavy atom. The second-order valence-corrected chi connectivity index (χ2v) is 6.37. The molecule has 20 heavy (non-hydrogen) atoms. The van der Waals surface area contributed by atoms with E-state index in [1.54, 1.807) is 13.0 Å².